The number of aromatic amines is 1. The van der Waals surface area contributed by atoms with E-state index in [1.807, 2.05) is 32.9 Å². The minimum Gasteiger partial charge on any atom is -0.497 e. The number of methoxy groups -OCH3 is 2. The Labute approximate surface area is 198 Å². The molecule has 1 fully saturated rings. The van der Waals surface area contributed by atoms with Crippen molar-refractivity contribution in [3.8, 4) is 22.9 Å². The maximum Gasteiger partial charge on any atom is 0.410 e. The van der Waals surface area contributed by atoms with E-state index < -0.39 is 5.60 Å². The number of rotatable bonds is 4. The first-order chi connectivity index (χ1) is 16.2. The van der Waals surface area contributed by atoms with Crippen LogP contribution >= 0.6 is 0 Å². The van der Waals surface area contributed by atoms with Crippen LogP contribution in [-0.2, 0) is 4.74 Å². The van der Waals surface area contributed by atoms with Crippen LogP contribution in [0, 0.1) is 0 Å². The highest BCUT2D eigenvalue weighted by Crippen LogP contribution is 2.31. The van der Waals surface area contributed by atoms with Gasteiger partial charge in [0, 0.05) is 30.8 Å². The number of nitrogens with one attached hydrogen (secondary N) is 1. The Kier molecular flexibility index (Phi) is 6.50. The Morgan fingerprint density at radius 1 is 1.06 bits per heavy atom. The van der Waals surface area contributed by atoms with Crippen LogP contribution in [0.2, 0.25) is 0 Å². The number of carbonyl (C=O) groups is 1. The number of amides is 1. The summed E-state index contributed by atoms with van der Waals surface area (Å²) in [6, 6.07) is 11.5. The Morgan fingerprint density at radius 3 is 2.32 bits per heavy atom. The lowest BCUT2D eigenvalue weighted by Crippen LogP contribution is -2.41. The lowest BCUT2D eigenvalue weighted by atomic mass is 9.89. The Bertz CT molecular complexity index is 1240. The molecule has 1 aromatic heterocycles. The van der Waals surface area contributed by atoms with Crippen molar-refractivity contribution in [2.24, 2.45) is 0 Å². The van der Waals surface area contributed by atoms with Gasteiger partial charge in [-0.2, -0.15) is 0 Å². The second-order valence-electron chi connectivity index (χ2n) is 9.50. The van der Waals surface area contributed by atoms with Crippen LogP contribution in [0.15, 0.2) is 41.2 Å². The summed E-state index contributed by atoms with van der Waals surface area (Å²) in [6.07, 6.45) is 1.51. The lowest BCUT2D eigenvalue weighted by molar-refractivity contribution is 0.0205. The van der Waals surface area contributed by atoms with Crippen molar-refractivity contribution in [2.75, 3.05) is 27.3 Å². The number of piperidine rings is 1. The van der Waals surface area contributed by atoms with Gasteiger partial charge in [-0.1, -0.05) is 24.3 Å². The molecule has 0 aliphatic carbocycles. The van der Waals surface area contributed by atoms with Crippen LogP contribution in [0.4, 0.5) is 4.79 Å². The normalized spacial score (nSPS) is 14.8. The van der Waals surface area contributed by atoms with Gasteiger partial charge in [0.15, 0.2) is 0 Å². The summed E-state index contributed by atoms with van der Waals surface area (Å²) >= 11 is 0. The zero-order chi connectivity index (χ0) is 24.5. The van der Waals surface area contributed by atoms with Crippen LogP contribution in [0.1, 0.15) is 45.1 Å². The van der Waals surface area contributed by atoms with Gasteiger partial charge >= 0.3 is 6.09 Å². The third-order valence-corrected chi connectivity index (χ3v) is 6.00. The molecule has 0 atom stereocenters. The molecule has 2 aromatic carbocycles. The molecule has 0 saturated carbocycles. The van der Waals surface area contributed by atoms with Gasteiger partial charge in [-0.3, -0.25) is 4.79 Å². The van der Waals surface area contributed by atoms with Crippen molar-refractivity contribution < 1.29 is 19.0 Å². The van der Waals surface area contributed by atoms with Gasteiger partial charge in [0.25, 0.3) is 5.56 Å². The van der Waals surface area contributed by atoms with Gasteiger partial charge in [-0.05, 0) is 45.1 Å². The molecule has 8 heteroatoms. The van der Waals surface area contributed by atoms with Crippen molar-refractivity contribution in [1.82, 2.24) is 14.9 Å². The van der Waals surface area contributed by atoms with E-state index >= 15 is 0 Å². The SMILES string of the molecule is COc1cc(OC)c2c(=O)[nH]c(-c3ccc(C4CCN(C(=O)OC(C)(C)C)CC4)cc3)nc2c1. The molecule has 3 aromatic rings. The summed E-state index contributed by atoms with van der Waals surface area (Å²) in [5.74, 6) is 1.84. The van der Waals surface area contributed by atoms with Crippen LogP contribution in [-0.4, -0.2) is 53.9 Å². The molecule has 0 radical (unpaired) electrons. The van der Waals surface area contributed by atoms with Gasteiger partial charge in [0.05, 0.1) is 19.7 Å². The highest BCUT2D eigenvalue weighted by molar-refractivity contribution is 5.87. The fourth-order valence-electron chi connectivity index (χ4n) is 4.26. The van der Waals surface area contributed by atoms with Crippen LogP contribution in [0.5, 0.6) is 11.5 Å². The first-order valence-electron chi connectivity index (χ1n) is 11.4. The van der Waals surface area contributed by atoms with E-state index in [9.17, 15) is 9.59 Å². The average molecular weight is 466 g/mol. The van der Waals surface area contributed by atoms with E-state index in [1.165, 1.54) is 12.7 Å². The summed E-state index contributed by atoms with van der Waals surface area (Å²) in [7, 11) is 3.07. The molecule has 1 N–H and O–H groups in total. The van der Waals surface area contributed by atoms with Crippen molar-refractivity contribution in [1.29, 1.82) is 0 Å². The minimum atomic E-state index is -0.488. The fourth-order valence-corrected chi connectivity index (χ4v) is 4.26. The van der Waals surface area contributed by atoms with Gasteiger partial charge in [0.1, 0.15) is 28.3 Å². The predicted molar refractivity (Wildman–Crippen MR) is 131 cm³/mol. The maximum atomic E-state index is 12.8. The number of H-pyrrole nitrogens is 1. The summed E-state index contributed by atoms with van der Waals surface area (Å²) < 4.78 is 16.2. The van der Waals surface area contributed by atoms with E-state index in [0.29, 0.717) is 47.2 Å². The van der Waals surface area contributed by atoms with Gasteiger partial charge in [0.2, 0.25) is 0 Å². The summed E-state index contributed by atoms with van der Waals surface area (Å²) in [6.45, 7) is 6.98. The molecule has 0 unspecified atom stereocenters. The number of hydrogen-bond acceptors (Lipinski definition) is 6. The second-order valence-corrected chi connectivity index (χ2v) is 9.50. The number of likely N-dealkylation sites (tertiary alicyclic amines) is 1. The number of ether oxygens (including phenoxy) is 3. The smallest absolute Gasteiger partial charge is 0.410 e. The molecule has 8 nitrogen and oxygen atoms in total. The molecule has 4 rings (SSSR count). The zero-order valence-corrected chi connectivity index (χ0v) is 20.3. The highest BCUT2D eigenvalue weighted by Gasteiger charge is 2.27. The Morgan fingerprint density at radius 2 is 1.74 bits per heavy atom. The Balaban J connectivity index is 1.51. The molecule has 0 spiro atoms. The summed E-state index contributed by atoms with van der Waals surface area (Å²) in [4.78, 5) is 34.4. The monoisotopic (exact) mass is 465 g/mol. The van der Waals surface area contributed by atoms with Crippen LogP contribution in [0.25, 0.3) is 22.3 Å². The number of carbonyl (C=O) groups excluding carboxylic acids is 1. The maximum absolute atomic E-state index is 12.8. The predicted octanol–water partition coefficient (Wildman–Crippen LogP) is 4.72. The molecular formula is C26H31N3O5. The number of fused-ring (bicyclic) bond motifs is 1. The zero-order valence-electron chi connectivity index (χ0n) is 20.3. The molecule has 0 bridgehead atoms. The molecule has 180 valence electrons. The molecule has 1 aliphatic heterocycles. The van der Waals surface area contributed by atoms with E-state index in [4.69, 9.17) is 14.2 Å². The molecule has 1 saturated heterocycles. The van der Waals surface area contributed by atoms with Crippen molar-refractivity contribution >= 4 is 17.0 Å². The van der Waals surface area contributed by atoms with Crippen LogP contribution in [0.3, 0.4) is 0 Å². The van der Waals surface area contributed by atoms with E-state index in [1.54, 1.807) is 24.1 Å². The fraction of sp³-hybridized carbons (Fsp3) is 0.423. The van der Waals surface area contributed by atoms with Gasteiger partial charge in [-0.15, -0.1) is 0 Å². The standard InChI is InChI=1S/C26H31N3O5/c1-26(2,3)34-25(31)29-12-10-17(11-13-29)16-6-8-18(9-7-16)23-27-20-14-19(32-4)15-21(33-5)22(20)24(30)28-23/h6-9,14-15,17H,10-13H2,1-5H3,(H,27,28,30). The average Bonchev–Trinajstić information content (AvgIpc) is 2.82. The topological polar surface area (TPSA) is 93.8 Å². The van der Waals surface area contributed by atoms with Gasteiger partial charge in [-0.25, -0.2) is 9.78 Å². The number of benzene rings is 2. The largest absolute Gasteiger partial charge is 0.497 e. The third-order valence-electron chi connectivity index (χ3n) is 6.00. The number of aromatic nitrogens is 2. The quantitative estimate of drug-likeness (QED) is 0.599. The van der Waals surface area contributed by atoms with Crippen molar-refractivity contribution in [3.05, 3.63) is 52.3 Å². The van der Waals surface area contributed by atoms with Gasteiger partial charge < -0.3 is 24.1 Å². The molecule has 1 aliphatic rings. The first kappa shape index (κ1) is 23.6. The molecular weight excluding hydrogens is 434 g/mol. The van der Waals surface area contributed by atoms with Crippen molar-refractivity contribution in [2.45, 2.75) is 45.1 Å². The number of hydrogen-bond donors (Lipinski definition) is 1. The Hall–Kier alpha value is -3.55. The second kappa shape index (κ2) is 9.37. The van der Waals surface area contributed by atoms with E-state index in [-0.39, 0.29) is 11.7 Å². The highest BCUT2D eigenvalue weighted by atomic mass is 16.6. The molecule has 2 heterocycles. The third kappa shape index (κ3) is 5.00. The number of nitrogens with zero attached hydrogens (tertiary/aromatic N) is 2. The van der Waals surface area contributed by atoms with E-state index in [2.05, 4.69) is 22.1 Å². The summed E-state index contributed by atoms with van der Waals surface area (Å²) in [5, 5.41) is 0.389. The molecule has 1 amide bonds. The lowest BCUT2D eigenvalue weighted by Gasteiger charge is -2.33. The van der Waals surface area contributed by atoms with Crippen LogP contribution < -0.4 is 15.0 Å². The van der Waals surface area contributed by atoms with Crippen molar-refractivity contribution in [3.63, 3.8) is 0 Å². The van der Waals surface area contributed by atoms with E-state index in [0.717, 1.165) is 18.4 Å². The first-order valence-corrected chi connectivity index (χ1v) is 11.4. The summed E-state index contributed by atoms with van der Waals surface area (Å²) in [5.41, 5.74) is 1.78. The minimum absolute atomic E-state index is 0.249. The molecule has 34 heavy (non-hydrogen) atoms.